The van der Waals surface area contributed by atoms with Gasteiger partial charge in [0.15, 0.2) is 5.65 Å². The van der Waals surface area contributed by atoms with Gasteiger partial charge in [0.05, 0.1) is 22.8 Å². The van der Waals surface area contributed by atoms with Gasteiger partial charge in [-0.2, -0.15) is 5.26 Å². The topological polar surface area (TPSA) is 66.8 Å². The predicted octanol–water partition coefficient (Wildman–Crippen LogP) is 5.27. The summed E-state index contributed by atoms with van der Waals surface area (Å²) in [5.41, 5.74) is 7.25. The van der Waals surface area contributed by atoms with Crippen LogP contribution in [0, 0.1) is 16.7 Å². The quantitative estimate of drug-likeness (QED) is 0.412. The fourth-order valence-electron chi connectivity index (χ4n) is 5.05. The minimum atomic E-state index is -0.0717. The zero-order valence-corrected chi connectivity index (χ0v) is 20.9. The largest absolute Gasteiger partial charge is 0.367 e. The number of para-hydroxylation sites is 1. The number of aromatic nitrogens is 3. The van der Waals surface area contributed by atoms with E-state index in [0.717, 1.165) is 42.6 Å². The summed E-state index contributed by atoms with van der Waals surface area (Å²) in [5.74, 6) is 0. The molecule has 178 valence electrons. The van der Waals surface area contributed by atoms with Crippen molar-refractivity contribution in [3.05, 3.63) is 81.8 Å². The van der Waals surface area contributed by atoms with Gasteiger partial charge in [0, 0.05) is 37.9 Å². The molecular formula is C29H31N5O. The normalized spacial score (nSPS) is 13.6. The summed E-state index contributed by atoms with van der Waals surface area (Å²) in [5, 5.41) is 9.82. The van der Waals surface area contributed by atoms with Crippen LogP contribution in [-0.4, -0.2) is 20.7 Å². The number of aryl methyl sites for hydroxylation is 2. The average Bonchev–Trinajstić information content (AvgIpc) is 3.07. The summed E-state index contributed by atoms with van der Waals surface area (Å²) in [7, 11) is 1.76. The van der Waals surface area contributed by atoms with E-state index >= 15 is 0 Å². The molecule has 6 heteroatoms. The fourth-order valence-corrected chi connectivity index (χ4v) is 5.05. The van der Waals surface area contributed by atoms with Gasteiger partial charge in [-0.3, -0.25) is 9.13 Å². The monoisotopic (exact) mass is 465 g/mol. The fraction of sp³-hybridized carbons (Fsp3) is 0.345. The first-order valence-corrected chi connectivity index (χ1v) is 12.2. The van der Waals surface area contributed by atoms with Crippen LogP contribution in [-0.2, 0) is 26.6 Å². The smallest absolute Gasteiger partial charge is 0.330 e. The summed E-state index contributed by atoms with van der Waals surface area (Å²) in [6.07, 6.45) is 2.25. The lowest BCUT2D eigenvalue weighted by Crippen LogP contribution is -2.28. The summed E-state index contributed by atoms with van der Waals surface area (Å²) in [4.78, 5) is 20.2. The van der Waals surface area contributed by atoms with Gasteiger partial charge in [-0.25, -0.2) is 9.78 Å². The van der Waals surface area contributed by atoms with E-state index in [9.17, 15) is 10.1 Å². The Morgan fingerprint density at radius 3 is 2.66 bits per heavy atom. The van der Waals surface area contributed by atoms with E-state index in [0.29, 0.717) is 23.4 Å². The standard InChI is InChI=1S/C29H31N5O/c1-29(2,3)19-34-26-14-13-24(31-27(26)32(4)28(34)35)23-16-20(11-12-22(23)17-30)18-33-15-7-9-21-8-5-6-10-25(21)33/h5-6,8,10-14,16H,7,9,15,18-19H2,1-4H3. The number of nitriles is 1. The van der Waals surface area contributed by atoms with Crippen LogP contribution < -0.4 is 10.6 Å². The zero-order chi connectivity index (χ0) is 24.7. The number of imidazole rings is 1. The molecule has 0 N–H and O–H groups in total. The van der Waals surface area contributed by atoms with Crippen molar-refractivity contribution in [2.75, 3.05) is 11.4 Å². The van der Waals surface area contributed by atoms with E-state index in [1.807, 2.05) is 24.3 Å². The number of fused-ring (bicyclic) bond motifs is 2. The van der Waals surface area contributed by atoms with Crippen molar-refractivity contribution in [3.63, 3.8) is 0 Å². The second kappa shape index (κ2) is 8.74. The Balaban J connectivity index is 1.54. The van der Waals surface area contributed by atoms with E-state index in [2.05, 4.69) is 62.1 Å². The second-order valence-electron chi connectivity index (χ2n) is 10.7. The summed E-state index contributed by atoms with van der Waals surface area (Å²) < 4.78 is 3.40. The molecule has 0 radical (unpaired) electrons. The first-order valence-electron chi connectivity index (χ1n) is 12.2. The summed E-state index contributed by atoms with van der Waals surface area (Å²) in [6.45, 7) is 8.75. The Kier molecular flexibility index (Phi) is 5.72. The maximum absolute atomic E-state index is 12.9. The van der Waals surface area contributed by atoms with Crippen LogP contribution in [0.2, 0.25) is 0 Å². The van der Waals surface area contributed by atoms with Gasteiger partial charge in [-0.1, -0.05) is 45.0 Å². The lowest BCUT2D eigenvalue weighted by atomic mass is 9.97. The Hall–Kier alpha value is -3.85. The zero-order valence-electron chi connectivity index (χ0n) is 20.9. The van der Waals surface area contributed by atoms with Crippen molar-refractivity contribution in [2.24, 2.45) is 12.5 Å². The molecule has 2 aromatic heterocycles. The van der Waals surface area contributed by atoms with Crippen LogP contribution in [0.3, 0.4) is 0 Å². The molecule has 0 saturated heterocycles. The highest BCUT2D eigenvalue weighted by molar-refractivity contribution is 5.78. The maximum Gasteiger partial charge on any atom is 0.330 e. The molecule has 4 aromatic rings. The van der Waals surface area contributed by atoms with Crippen LogP contribution in [0.15, 0.2) is 59.4 Å². The molecule has 6 nitrogen and oxygen atoms in total. The van der Waals surface area contributed by atoms with Crippen molar-refractivity contribution in [2.45, 2.75) is 46.7 Å². The average molecular weight is 466 g/mol. The molecule has 0 aliphatic carbocycles. The van der Waals surface area contributed by atoms with Crippen molar-refractivity contribution in [3.8, 4) is 17.3 Å². The third-order valence-electron chi connectivity index (χ3n) is 6.67. The molecule has 1 aliphatic rings. The number of rotatable bonds is 4. The molecule has 3 heterocycles. The van der Waals surface area contributed by atoms with E-state index in [1.54, 1.807) is 16.2 Å². The molecular weight excluding hydrogens is 434 g/mol. The van der Waals surface area contributed by atoms with Gasteiger partial charge >= 0.3 is 5.69 Å². The molecule has 5 rings (SSSR count). The van der Waals surface area contributed by atoms with Crippen molar-refractivity contribution < 1.29 is 0 Å². The Labute approximate surface area is 206 Å². The summed E-state index contributed by atoms with van der Waals surface area (Å²) in [6, 6.07) is 20.8. The number of hydrogen-bond acceptors (Lipinski definition) is 4. The third kappa shape index (κ3) is 4.35. The summed E-state index contributed by atoms with van der Waals surface area (Å²) >= 11 is 0. The first kappa shape index (κ1) is 22.9. The van der Waals surface area contributed by atoms with Crippen LogP contribution in [0.25, 0.3) is 22.4 Å². The molecule has 0 spiro atoms. The Morgan fingerprint density at radius 2 is 1.89 bits per heavy atom. The van der Waals surface area contributed by atoms with Crippen LogP contribution in [0.4, 0.5) is 5.69 Å². The minimum Gasteiger partial charge on any atom is -0.367 e. The predicted molar refractivity (Wildman–Crippen MR) is 140 cm³/mol. The van der Waals surface area contributed by atoms with E-state index in [4.69, 9.17) is 4.98 Å². The Bertz CT molecular complexity index is 1510. The molecule has 0 atom stereocenters. The molecule has 35 heavy (non-hydrogen) atoms. The molecule has 2 aromatic carbocycles. The van der Waals surface area contributed by atoms with Crippen LogP contribution in [0.5, 0.6) is 0 Å². The number of hydrogen-bond donors (Lipinski definition) is 0. The first-order chi connectivity index (χ1) is 16.7. The third-order valence-corrected chi connectivity index (χ3v) is 6.67. The van der Waals surface area contributed by atoms with Gasteiger partial charge < -0.3 is 4.90 Å². The van der Waals surface area contributed by atoms with Gasteiger partial charge in [0.25, 0.3) is 0 Å². The SMILES string of the molecule is Cn1c(=O)n(CC(C)(C)C)c2ccc(-c3cc(CN4CCCc5ccccc54)ccc3C#N)nc21. The van der Waals surface area contributed by atoms with Crippen LogP contribution >= 0.6 is 0 Å². The Morgan fingerprint density at radius 1 is 1.09 bits per heavy atom. The number of pyridine rings is 1. The van der Waals surface area contributed by atoms with Gasteiger partial charge in [0.1, 0.15) is 0 Å². The van der Waals surface area contributed by atoms with Gasteiger partial charge in [0.2, 0.25) is 0 Å². The van der Waals surface area contributed by atoms with E-state index in [1.165, 1.54) is 11.3 Å². The highest BCUT2D eigenvalue weighted by atomic mass is 16.1. The molecule has 0 amide bonds. The highest BCUT2D eigenvalue weighted by Gasteiger charge is 2.20. The van der Waals surface area contributed by atoms with Crippen LogP contribution in [0.1, 0.15) is 43.9 Å². The molecule has 0 saturated carbocycles. The lowest BCUT2D eigenvalue weighted by Gasteiger charge is -2.31. The van der Waals surface area contributed by atoms with Gasteiger partial charge in [-0.15, -0.1) is 0 Å². The van der Waals surface area contributed by atoms with E-state index < -0.39 is 0 Å². The lowest BCUT2D eigenvalue weighted by molar-refractivity contribution is 0.342. The second-order valence-corrected chi connectivity index (χ2v) is 10.7. The minimum absolute atomic E-state index is 0.0356. The number of nitrogens with zero attached hydrogens (tertiary/aromatic N) is 5. The van der Waals surface area contributed by atoms with Gasteiger partial charge in [-0.05, 0) is 59.7 Å². The van der Waals surface area contributed by atoms with Crippen molar-refractivity contribution in [1.82, 2.24) is 14.1 Å². The number of anilines is 1. The van der Waals surface area contributed by atoms with Crippen molar-refractivity contribution >= 4 is 16.9 Å². The van der Waals surface area contributed by atoms with E-state index in [-0.39, 0.29) is 11.1 Å². The highest BCUT2D eigenvalue weighted by Crippen LogP contribution is 2.30. The maximum atomic E-state index is 12.9. The number of benzene rings is 2. The molecule has 0 unspecified atom stereocenters. The molecule has 0 bridgehead atoms. The van der Waals surface area contributed by atoms with Crippen molar-refractivity contribution in [1.29, 1.82) is 5.26 Å². The molecule has 0 fully saturated rings. The molecule has 1 aliphatic heterocycles.